The molecule has 0 radical (unpaired) electrons. The van der Waals surface area contributed by atoms with Gasteiger partial charge in [-0.3, -0.25) is 14.9 Å². The number of nitriles is 1. The smallest absolute Gasteiger partial charge is 0.270 e. The standard InChI is InChI=1S/C24H18N6O3/c1-15-5-3-8-20-16(2)11-21(27-23(15)20)29-24(18(13-25)14-26-29)28-22(31)10-9-17-6-4-7-19(12-17)30(32)33/h3-12,14H,1-2H3,(H,28,31)/b10-9+. The van der Waals surface area contributed by atoms with E-state index in [9.17, 15) is 20.2 Å². The number of nitrogens with zero attached hydrogens (tertiary/aromatic N) is 5. The molecule has 0 bridgehead atoms. The van der Waals surface area contributed by atoms with Gasteiger partial charge in [-0.05, 0) is 42.7 Å². The van der Waals surface area contributed by atoms with Crippen LogP contribution in [0.1, 0.15) is 22.3 Å². The third-order valence-electron chi connectivity index (χ3n) is 5.09. The quantitative estimate of drug-likeness (QED) is 0.278. The Morgan fingerprint density at radius 3 is 2.73 bits per heavy atom. The van der Waals surface area contributed by atoms with Gasteiger partial charge in [0.05, 0.1) is 16.6 Å². The van der Waals surface area contributed by atoms with Crippen molar-refractivity contribution in [1.82, 2.24) is 14.8 Å². The largest absolute Gasteiger partial charge is 0.306 e. The molecule has 33 heavy (non-hydrogen) atoms. The molecule has 9 heteroatoms. The highest BCUT2D eigenvalue weighted by Gasteiger charge is 2.16. The summed E-state index contributed by atoms with van der Waals surface area (Å²) in [6.45, 7) is 3.92. The molecule has 0 fully saturated rings. The van der Waals surface area contributed by atoms with E-state index >= 15 is 0 Å². The maximum atomic E-state index is 12.6. The molecular weight excluding hydrogens is 420 g/mol. The second kappa shape index (κ2) is 8.72. The monoisotopic (exact) mass is 438 g/mol. The predicted molar refractivity (Wildman–Crippen MR) is 124 cm³/mol. The summed E-state index contributed by atoms with van der Waals surface area (Å²) in [5, 5.41) is 28.4. The topological polar surface area (TPSA) is 127 Å². The molecular formula is C24H18N6O3. The molecule has 0 spiro atoms. The molecule has 0 unspecified atom stereocenters. The Morgan fingerprint density at radius 1 is 1.18 bits per heavy atom. The van der Waals surface area contributed by atoms with Crippen LogP contribution in [-0.2, 0) is 4.79 Å². The Labute approximate surface area is 188 Å². The van der Waals surface area contributed by atoms with Gasteiger partial charge in [-0.2, -0.15) is 15.0 Å². The zero-order valence-corrected chi connectivity index (χ0v) is 17.8. The molecule has 0 atom stereocenters. The van der Waals surface area contributed by atoms with Crippen LogP contribution >= 0.6 is 0 Å². The van der Waals surface area contributed by atoms with E-state index in [0.717, 1.165) is 22.0 Å². The first-order valence-electron chi connectivity index (χ1n) is 9.96. The molecule has 4 aromatic rings. The first kappa shape index (κ1) is 21.4. The number of benzene rings is 2. The molecule has 0 saturated carbocycles. The molecule has 1 N–H and O–H groups in total. The number of aromatic nitrogens is 3. The van der Waals surface area contributed by atoms with Crippen molar-refractivity contribution in [3.8, 4) is 11.9 Å². The van der Waals surface area contributed by atoms with Crippen LogP contribution < -0.4 is 5.32 Å². The van der Waals surface area contributed by atoms with E-state index in [2.05, 4.69) is 10.4 Å². The third kappa shape index (κ3) is 4.31. The van der Waals surface area contributed by atoms with Gasteiger partial charge in [0, 0.05) is 23.6 Å². The Kier molecular flexibility index (Phi) is 5.66. The molecule has 162 valence electrons. The van der Waals surface area contributed by atoms with Crippen LogP contribution in [0.5, 0.6) is 0 Å². The molecule has 2 aromatic heterocycles. The molecule has 0 aliphatic rings. The Bertz CT molecular complexity index is 1480. The minimum atomic E-state index is -0.520. The Hall–Kier alpha value is -4.84. The van der Waals surface area contributed by atoms with Crippen molar-refractivity contribution in [2.75, 3.05) is 5.32 Å². The lowest BCUT2D eigenvalue weighted by Gasteiger charge is -2.11. The number of aryl methyl sites for hydroxylation is 2. The van der Waals surface area contributed by atoms with Gasteiger partial charge in [0.2, 0.25) is 5.91 Å². The number of carbonyl (C=O) groups excluding carboxylic acids is 1. The molecule has 4 rings (SSSR count). The van der Waals surface area contributed by atoms with E-state index in [1.165, 1.54) is 41.2 Å². The first-order valence-corrected chi connectivity index (χ1v) is 9.96. The van der Waals surface area contributed by atoms with Crippen molar-refractivity contribution in [2.24, 2.45) is 0 Å². The molecule has 2 aromatic carbocycles. The summed E-state index contributed by atoms with van der Waals surface area (Å²) >= 11 is 0. The first-order chi connectivity index (χ1) is 15.9. The number of non-ortho nitro benzene ring substituents is 1. The number of hydrogen-bond donors (Lipinski definition) is 1. The number of para-hydroxylation sites is 1. The molecule has 0 aliphatic carbocycles. The average molecular weight is 438 g/mol. The minimum absolute atomic E-state index is 0.0737. The van der Waals surface area contributed by atoms with Crippen molar-refractivity contribution < 1.29 is 9.72 Å². The zero-order valence-electron chi connectivity index (χ0n) is 17.8. The number of nitro benzene ring substituents is 1. The van der Waals surface area contributed by atoms with E-state index in [-0.39, 0.29) is 17.1 Å². The minimum Gasteiger partial charge on any atom is -0.306 e. The Balaban J connectivity index is 1.67. The summed E-state index contributed by atoms with van der Waals surface area (Å²) in [6, 6.07) is 15.7. The molecule has 2 heterocycles. The second-order valence-corrected chi connectivity index (χ2v) is 7.37. The van der Waals surface area contributed by atoms with Crippen molar-refractivity contribution in [1.29, 1.82) is 5.26 Å². The van der Waals surface area contributed by atoms with Gasteiger partial charge >= 0.3 is 0 Å². The maximum absolute atomic E-state index is 12.6. The SMILES string of the molecule is Cc1cc(-n2ncc(C#N)c2NC(=O)/C=C/c2cccc([N+](=O)[O-])c2)nc2c(C)cccc12. The van der Waals surface area contributed by atoms with Crippen LogP contribution in [0.3, 0.4) is 0 Å². The van der Waals surface area contributed by atoms with Gasteiger partial charge in [-0.25, -0.2) is 4.98 Å². The summed E-state index contributed by atoms with van der Waals surface area (Å²) in [5.74, 6) is 0.133. The van der Waals surface area contributed by atoms with Gasteiger partial charge in [0.15, 0.2) is 11.6 Å². The van der Waals surface area contributed by atoms with E-state index in [1.807, 2.05) is 44.2 Å². The van der Waals surface area contributed by atoms with E-state index < -0.39 is 10.8 Å². The van der Waals surface area contributed by atoms with Crippen molar-refractivity contribution in [2.45, 2.75) is 13.8 Å². The van der Waals surface area contributed by atoms with Crippen LogP contribution in [0.4, 0.5) is 11.5 Å². The van der Waals surface area contributed by atoms with Crippen LogP contribution in [0.15, 0.2) is 60.8 Å². The summed E-state index contributed by atoms with van der Waals surface area (Å²) < 4.78 is 1.41. The fourth-order valence-corrected chi connectivity index (χ4v) is 3.45. The van der Waals surface area contributed by atoms with E-state index in [4.69, 9.17) is 4.98 Å². The fraction of sp³-hybridized carbons (Fsp3) is 0.0833. The van der Waals surface area contributed by atoms with E-state index in [1.54, 1.807) is 6.07 Å². The molecule has 0 saturated heterocycles. The van der Waals surface area contributed by atoms with Crippen molar-refractivity contribution in [3.63, 3.8) is 0 Å². The van der Waals surface area contributed by atoms with Gasteiger partial charge in [-0.15, -0.1) is 0 Å². The third-order valence-corrected chi connectivity index (χ3v) is 5.09. The second-order valence-electron chi connectivity index (χ2n) is 7.37. The number of fused-ring (bicyclic) bond motifs is 1. The number of hydrogen-bond acceptors (Lipinski definition) is 6. The maximum Gasteiger partial charge on any atom is 0.270 e. The van der Waals surface area contributed by atoms with Crippen LogP contribution in [0.25, 0.3) is 22.8 Å². The summed E-state index contributed by atoms with van der Waals surface area (Å²) in [7, 11) is 0. The van der Waals surface area contributed by atoms with Gasteiger partial charge in [0.25, 0.3) is 5.69 Å². The number of nitrogens with one attached hydrogen (secondary N) is 1. The Morgan fingerprint density at radius 2 is 1.97 bits per heavy atom. The summed E-state index contributed by atoms with van der Waals surface area (Å²) in [5.41, 5.74) is 3.39. The molecule has 9 nitrogen and oxygen atoms in total. The lowest BCUT2D eigenvalue weighted by Crippen LogP contribution is -2.14. The normalized spacial score (nSPS) is 10.9. The lowest BCUT2D eigenvalue weighted by atomic mass is 10.1. The predicted octanol–water partition coefficient (Wildman–Crippen LogP) is 4.47. The molecule has 0 aliphatic heterocycles. The highest BCUT2D eigenvalue weighted by atomic mass is 16.6. The highest BCUT2D eigenvalue weighted by molar-refractivity contribution is 6.02. The van der Waals surface area contributed by atoms with Crippen molar-refractivity contribution >= 4 is 34.4 Å². The average Bonchev–Trinajstić information content (AvgIpc) is 3.21. The number of amides is 1. The van der Waals surface area contributed by atoms with E-state index in [0.29, 0.717) is 11.4 Å². The fourth-order valence-electron chi connectivity index (χ4n) is 3.45. The van der Waals surface area contributed by atoms with Crippen LogP contribution in [0.2, 0.25) is 0 Å². The molecule has 1 amide bonds. The van der Waals surface area contributed by atoms with Crippen molar-refractivity contribution in [3.05, 3.63) is 93.2 Å². The number of carbonyl (C=O) groups is 1. The van der Waals surface area contributed by atoms with Gasteiger partial charge in [0.1, 0.15) is 11.6 Å². The summed E-state index contributed by atoms with van der Waals surface area (Å²) in [4.78, 5) is 27.7. The number of anilines is 1. The lowest BCUT2D eigenvalue weighted by molar-refractivity contribution is -0.384. The van der Waals surface area contributed by atoms with Gasteiger partial charge < -0.3 is 5.32 Å². The summed E-state index contributed by atoms with van der Waals surface area (Å²) in [6.07, 6.45) is 4.05. The van der Waals surface area contributed by atoms with Crippen LogP contribution in [-0.4, -0.2) is 25.6 Å². The number of pyridine rings is 1. The number of rotatable bonds is 5. The van der Waals surface area contributed by atoms with Crippen LogP contribution in [0, 0.1) is 35.3 Å². The number of nitro groups is 1. The highest BCUT2D eigenvalue weighted by Crippen LogP contribution is 2.25. The zero-order chi connectivity index (χ0) is 23.5. The van der Waals surface area contributed by atoms with Gasteiger partial charge in [-0.1, -0.05) is 30.3 Å².